The summed E-state index contributed by atoms with van der Waals surface area (Å²) in [4.78, 5) is 23.5. The van der Waals surface area contributed by atoms with Crippen molar-refractivity contribution in [2.45, 2.75) is 19.8 Å². The van der Waals surface area contributed by atoms with Gasteiger partial charge in [0.05, 0.1) is 12.1 Å². The van der Waals surface area contributed by atoms with Gasteiger partial charge in [0, 0.05) is 0 Å². The highest BCUT2D eigenvalue weighted by Gasteiger charge is 2.68. The van der Waals surface area contributed by atoms with Crippen molar-refractivity contribution in [3.05, 3.63) is 11.6 Å². The Kier molecular flexibility index (Phi) is 1.90. The summed E-state index contributed by atoms with van der Waals surface area (Å²) in [6.45, 7) is 1.79. The molecule has 1 saturated heterocycles. The van der Waals surface area contributed by atoms with Gasteiger partial charge < -0.3 is 0 Å². The maximum atomic E-state index is 11.7. The molecule has 2 rings (SSSR count). The summed E-state index contributed by atoms with van der Waals surface area (Å²) in [7, 11) is 0. The zero-order chi connectivity index (χ0) is 12.0. The molecule has 0 aromatic heterocycles. The molecule has 5 nitrogen and oxygen atoms in total. The van der Waals surface area contributed by atoms with E-state index in [-0.39, 0.29) is 12.8 Å². The quantitative estimate of drug-likeness (QED) is 0.467. The number of nitriles is 2. The average Bonchev–Trinajstić information content (AvgIpc) is 2.48. The van der Waals surface area contributed by atoms with Crippen molar-refractivity contribution in [2.75, 3.05) is 0 Å². The molecule has 0 aromatic carbocycles. The second-order valence-corrected chi connectivity index (χ2v) is 4.25. The van der Waals surface area contributed by atoms with Crippen molar-refractivity contribution in [2.24, 2.45) is 10.8 Å². The Morgan fingerprint density at radius 1 is 1.25 bits per heavy atom. The SMILES string of the molecule is CC1=CCC2(C#N)C(=O)NC(=O)C2(C#N)C1. The van der Waals surface area contributed by atoms with E-state index in [9.17, 15) is 20.1 Å². The van der Waals surface area contributed by atoms with Crippen LogP contribution in [0.1, 0.15) is 19.8 Å². The number of rotatable bonds is 0. The monoisotopic (exact) mass is 215 g/mol. The number of fused-ring (bicyclic) bond motifs is 1. The highest BCUT2D eigenvalue weighted by Crippen LogP contribution is 2.53. The molecule has 2 unspecified atom stereocenters. The van der Waals surface area contributed by atoms with Gasteiger partial charge in [0.25, 0.3) is 0 Å². The Labute approximate surface area is 92.3 Å². The van der Waals surface area contributed by atoms with E-state index in [2.05, 4.69) is 5.32 Å². The summed E-state index contributed by atoms with van der Waals surface area (Å²) < 4.78 is 0. The molecule has 1 fully saturated rings. The molecule has 1 aliphatic carbocycles. The topological polar surface area (TPSA) is 93.8 Å². The maximum Gasteiger partial charge on any atom is 0.249 e. The summed E-state index contributed by atoms with van der Waals surface area (Å²) in [6, 6.07) is 3.76. The molecule has 1 aliphatic heterocycles. The van der Waals surface area contributed by atoms with E-state index in [0.717, 1.165) is 5.57 Å². The van der Waals surface area contributed by atoms with Crippen LogP contribution in [0.3, 0.4) is 0 Å². The second kappa shape index (κ2) is 2.93. The van der Waals surface area contributed by atoms with Gasteiger partial charge in [-0.25, -0.2) is 0 Å². The Morgan fingerprint density at radius 3 is 2.38 bits per heavy atom. The number of nitrogens with one attached hydrogen (secondary N) is 1. The number of hydrogen-bond donors (Lipinski definition) is 1. The lowest BCUT2D eigenvalue weighted by molar-refractivity contribution is -0.127. The number of nitrogens with zero attached hydrogens (tertiary/aromatic N) is 2. The summed E-state index contributed by atoms with van der Waals surface area (Å²) in [5.74, 6) is -1.29. The van der Waals surface area contributed by atoms with E-state index in [1.807, 2.05) is 12.1 Å². The summed E-state index contributed by atoms with van der Waals surface area (Å²) in [6.07, 6.45) is 2.02. The molecule has 0 saturated carbocycles. The molecule has 0 radical (unpaired) electrons. The molecule has 0 spiro atoms. The van der Waals surface area contributed by atoms with Gasteiger partial charge in [-0.05, 0) is 19.8 Å². The van der Waals surface area contributed by atoms with Crippen LogP contribution in [0.4, 0.5) is 0 Å². The predicted molar refractivity (Wildman–Crippen MR) is 52.2 cm³/mol. The van der Waals surface area contributed by atoms with Crippen molar-refractivity contribution in [3.8, 4) is 12.1 Å². The molecule has 5 heteroatoms. The van der Waals surface area contributed by atoms with Gasteiger partial charge in [0.15, 0.2) is 10.8 Å². The Hall–Kier alpha value is -2.14. The molecule has 0 bridgehead atoms. The van der Waals surface area contributed by atoms with Crippen LogP contribution < -0.4 is 5.32 Å². The second-order valence-electron chi connectivity index (χ2n) is 4.25. The van der Waals surface area contributed by atoms with E-state index < -0.39 is 22.6 Å². The first-order valence-corrected chi connectivity index (χ1v) is 4.86. The van der Waals surface area contributed by atoms with Crippen molar-refractivity contribution < 1.29 is 9.59 Å². The molecule has 0 aromatic rings. The lowest BCUT2D eigenvalue weighted by Gasteiger charge is -2.34. The zero-order valence-electron chi connectivity index (χ0n) is 8.70. The first-order chi connectivity index (χ1) is 7.52. The first-order valence-electron chi connectivity index (χ1n) is 4.86. The predicted octanol–water partition coefficient (Wildman–Crippen LogP) is 0.403. The van der Waals surface area contributed by atoms with E-state index in [1.54, 1.807) is 13.0 Å². The minimum absolute atomic E-state index is 0.125. The van der Waals surface area contributed by atoms with Crippen LogP contribution in [0.5, 0.6) is 0 Å². The number of hydrogen-bond acceptors (Lipinski definition) is 4. The third-order valence-corrected chi connectivity index (χ3v) is 3.41. The van der Waals surface area contributed by atoms with E-state index in [4.69, 9.17) is 0 Å². The van der Waals surface area contributed by atoms with Gasteiger partial charge in [-0.15, -0.1) is 0 Å². The Morgan fingerprint density at radius 2 is 1.81 bits per heavy atom. The summed E-state index contributed by atoms with van der Waals surface area (Å²) in [5, 5.41) is 20.5. The number of carbonyl (C=O) groups excluding carboxylic acids is 2. The van der Waals surface area contributed by atoms with Crippen LogP contribution in [-0.4, -0.2) is 11.8 Å². The van der Waals surface area contributed by atoms with E-state index >= 15 is 0 Å². The fourth-order valence-electron chi connectivity index (χ4n) is 2.40. The summed E-state index contributed by atoms with van der Waals surface area (Å²) in [5.41, 5.74) is -2.23. The third-order valence-electron chi connectivity index (χ3n) is 3.41. The number of carbonyl (C=O) groups is 2. The van der Waals surface area contributed by atoms with Gasteiger partial charge >= 0.3 is 0 Å². The molecular formula is C11H9N3O2. The summed E-state index contributed by atoms with van der Waals surface area (Å²) >= 11 is 0. The van der Waals surface area contributed by atoms with Crippen LogP contribution >= 0.6 is 0 Å². The standard InChI is InChI=1S/C11H9N3O2/c1-7-2-3-10(5-12)8(15)14-9(16)11(10,4-7)6-13/h2H,3-4H2,1H3,(H,14,15,16). The Bertz CT molecular complexity index is 508. The zero-order valence-corrected chi connectivity index (χ0v) is 8.70. The van der Waals surface area contributed by atoms with Crippen LogP contribution in [0.25, 0.3) is 0 Å². The number of imide groups is 1. The van der Waals surface area contributed by atoms with Crippen molar-refractivity contribution in [1.29, 1.82) is 10.5 Å². The molecule has 16 heavy (non-hydrogen) atoms. The first kappa shape index (κ1) is 10.4. The van der Waals surface area contributed by atoms with Crippen molar-refractivity contribution in [1.82, 2.24) is 5.32 Å². The van der Waals surface area contributed by atoms with Crippen LogP contribution in [0, 0.1) is 33.5 Å². The van der Waals surface area contributed by atoms with Gasteiger partial charge in [-0.2, -0.15) is 10.5 Å². The molecule has 2 amide bonds. The van der Waals surface area contributed by atoms with Crippen LogP contribution in [-0.2, 0) is 9.59 Å². The maximum absolute atomic E-state index is 11.7. The minimum Gasteiger partial charge on any atom is -0.294 e. The largest absolute Gasteiger partial charge is 0.294 e. The lowest BCUT2D eigenvalue weighted by Crippen LogP contribution is -2.44. The lowest BCUT2D eigenvalue weighted by atomic mass is 9.59. The minimum atomic E-state index is -1.54. The average molecular weight is 215 g/mol. The van der Waals surface area contributed by atoms with Gasteiger partial charge in [-0.1, -0.05) is 11.6 Å². The van der Waals surface area contributed by atoms with E-state index in [0.29, 0.717) is 0 Å². The highest BCUT2D eigenvalue weighted by atomic mass is 16.2. The van der Waals surface area contributed by atoms with Crippen molar-refractivity contribution >= 4 is 11.8 Å². The highest BCUT2D eigenvalue weighted by molar-refractivity contribution is 6.13. The normalized spacial score (nSPS) is 36.8. The van der Waals surface area contributed by atoms with Gasteiger partial charge in [0.1, 0.15) is 0 Å². The molecule has 80 valence electrons. The van der Waals surface area contributed by atoms with Crippen LogP contribution in [0.2, 0.25) is 0 Å². The van der Waals surface area contributed by atoms with Gasteiger partial charge in [-0.3, -0.25) is 14.9 Å². The fourth-order valence-corrected chi connectivity index (χ4v) is 2.40. The smallest absolute Gasteiger partial charge is 0.249 e. The number of allylic oxidation sites excluding steroid dienone is 2. The fraction of sp³-hybridized carbons (Fsp3) is 0.455. The number of amides is 2. The molecule has 1 heterocycles. The Balaban J connectivity index is 2.71. The van der Waals surface area contributed by atoms with Gasteiger partial charge in [0.2, 0.25) is 11.8 Å². The molecule has 1 N–H and O–H groups in total. The van der Waals surface area contributed by atoms with Crippen molar-refractivity contribution in [3.63, 3.8) is 0 Å². The molecule has 2 aliphatic rings. The third kappa shape index (κ3) is 0.880. The molecule has 2 atom stereocenters. The van der Waals surface area contributed by atoms with Crippen LogP contribution in [0.15, 0.2) is 11.6 Å². The molecular weight excluding hydrogens is 206 g/mol. The van der Waals surface area contributed by atoms with E-state index in [1.165, 1.54) is 0 Å².